The molecule has 0 saturated heterocycles. The maximum Gasteiger partial charge on any atom is 0.376 e. The normalized spacial score (nSPS) is 17.6. The Bertz CT molecular complexity index is 391. The first-order valence-corrected chi connectivity index (χ1v) is 3.57. The standard InChI is InChI=1S/C10H5FN/c11-10-3-1-8(2-4-10)9-5-6-12-7-9/h1-4,9H/q+1. The van der Waals surface area contributed by atoms with Crippen LogP contribution in [-0.4, -0.2) is 0 Å². The van der Waals surface area contributed by atoms with Gasteiger partial charge < -0.3 is 0 Å². The fraction of sp³-hybridized carbons (Fsp3) is 0.100. The van der Waals surface area contributed by atoms with Crippen molar-refractivity contribution in [1.82, 2.24) is 0 Å². The van der Waals surface area contributed by atoms with Crippen molar-refractivity contribution in [3.05, 3.63) is 40.5 Å². The highest BCUT2D eigenvalue weighted by Crippen LogP contribution is 2.16. The molecule has 1 aromatic carbocycles. The van der Waals surface area contributed by atoms with Gasteiger partial charge in [-0.25, -0.2) is 4.39 Å². The lowest BCUT2D eigenvalue weighted by Gasteiger charge is -1.95. The summed E-state index contributed by atoms with van der Waals surface area (Å²) in [6.07, 6.45) is 0. The van der Waals surface area contributed by atoms with Crippen molar-refractivity contribution < 1.29 is 4.39 Å². The minimum Gasteiger partial charge on any atom is -0.207 e. The van der Waals surface area contributed by atoms with Gasteiger partial charge in [-0.3, -0.25) is 0 Å². The summed E-state index contributed by atoms with van der Waals surface area (Å²) >= 11 is 0. The van der Waals surface area contributed by atoms with E-state index in [9.17, 15) is 4.39 Å². The molecule has 0 aromatic heterocycles. The third kappa shape index (κ3) is 1.15. The van der Waals surface area contributed by atoms with E-state index < -0.39 is 0 Å². The van der Waals surface area contributed by atoms with E-state index in [0.717, 1.165) is 5.56 Å². The molecule has 1 heterocycles. The molecule has 1 aliphatic heterocycles. The smallest absolute Gasteiger partial charge is 0.207 e. The largest absolute Gasteiger partial charge is 0.376 e. The summed E-state index contributed by atoms with van der Waals surface area (Å²) in [5.74, 6) is 2.53. The van der Waals surface area contributed by atoms with Gasteiger partial charge in [0.05, 0.1) is 0 Å². The van der Waals surface area contributed by atoms with Gasteiger partial charge in [-0.15, -0.1) is 0 Å². The lowest BCUT2D eigenvalue weighted by Crippen LogP contribution is -1.89. The molecule has 2 rings (SSSR count). The second-order valence-corrected chi connectivity index (χ2v) is 2.48. The second-order valence-electron chi connectivity index (χ2n) is 2.48. The molecule has 0 N–H and O–H groups in total. The quantitative estimate of drug-likeness (QED) is 0.552. The van der Waals surface area contributed by atoms with E-state index in [2.05, 4.69) is 22.9 Å². The molecule has 1 aliphatic rings. The van der Waals surface area contributed by atoms with E-state index in [0.29, 0.717) is 0 Å². The Labute approximate surface area is 69.7 Å². The third-order valence-electron chi connectivity index (χ3n) is 1.66. The zero-order chi connectivity index (χ0) is 8.39. The molecule has 1 unspecified atom stereocenters. The molecule has 1 atom stereocenters. The SMILES string of the molecule is Fc1ccc(C2C#C[N+]#C2)cc1. The molecule has 0 saturated carbocycles. The van der Waals surface area contributed by atoms with Gasteiger partial charge in [-0.05, 0) is 17.7 Å². The van der Waals surface area contributed by atoms with E-state index in [1.165, 1.54) is 12.1 Å². The molecule has 0 radical (unpaired) electrons. The van der Waals surface area contributed by atoms with Crippen LogP contribution in [0.15, 0.2) is 24.3 Å². The highest BCUT2D eigenvalue weighted by molar-refractivity contribution is 5.41. The van der Waals surface area contributed by atoms with Gasteiger partial charge in [0, 0.05) is 10.8 Å². The second kappa shape index (κ2) is 2.68. The van der Waals surface area contributed by atoms with Crippen LogP contribution >= 0.6 is 0 Å². The maximum atomic E-state index is 12.5. The van der Waals surface area contributed by atoms with Crippen LogP contribution in [0.5, 0.6) is 0 Å². The maximum absolute atomic E-state index is 12.5. The minimum absolute atomic E-state index is 0.0781. The summed E-state index contributed by atoms with van der Waals surface area (Å²) in [5, 5.41) is 0. The lowest BCUT2D eigenvalue weighted by atomic mass is 10.0. The van der Waals surface area contributed by atoms with Gasteiger partial charge in [0.25, 0.3) is 0 Å². The van der Waals surface area contributed by atoms with Crippen molar-refractivity contribution in [2.75, 3.05) is 0 Å². The lowest BCUT2D eigenvalue weighted by molar-refractivity contribution is 0.627. The number of rotatable bonds is 1. The van der Waals surface area contributed by atoms with Crippen LogP contribution in [0.1, 0.15) is 11.5 Å². The molecule has 2 heteroatoms. The number of halogens is 1. The molecule has 0 aliphatic carbocycles. The molecule has 1 nitrogen and oxygen atoms in total. The number of nitrogens with zero attached hydrogens (tertiary/aromatic N) is 1. The highest BCUT2D eigenvalue weighted by atomic mass is 19.1. The van der Waals surface area contributed by atoms with Crippen LogP contribution in [0.4, 0.5) is 4.39 Å². The van der Waals surface area contributed by atoms with Crippen molar-refractivity contribution in [3.63, 3.8) is 0 Å². The molecule has 56 valence electrons. The first kappa shape index (κ1) is 6.88. The van der Waals surface area contributed by atoms with E-state index in [-0.39, 0.29) is 11.7 Å². The molecule has 0 fully saturated rings. The zero-order valence-electron chi connectivity index (χ0n) is 6.21. The van der Waals surface area contributed by atoms with Crippen LogP contribution in [0, 0.1) is 23.9 Å². The predicted octanol–water partition coefficient (Wildman–Crippen LogP) is 2.22. The van der Waals surface area contributed by atoms with Gasteiger partial charge in [-0.2, -0.15) is 0 Å². The summed E-state index contributed by atoms with van der Waals surface area (Å²) < 4.78 is 12.5. The minimum atomic E-state index is -0.235. The Morgan fingerprint density at radius 1 is 1.25 bits per heavy atom. The van der Waals surface area contributed by atoms with Gasteiger partial charge in [0.2, 0.25) is 0 Å². The highest BCUT2D eigenvalue weighted by Gasteiger charge is 2.15. The van der Waals surface area contributed by atoms with Crippen molar-refractivity contribution in [2.24, 2.45) is 0 Å². The zero-order valence-corrected chi connectivity index (χ0v) is 6.21. The molecule has 1 aromatic rings. The molecule has 0 amide bonds. The van der Waals surface area contributed by atoms with Crippen LogP contribution in [0.3, 0.4) is 0 Å². The fourth-order valence-electron chi connectivity index (χ4n) is 1.04. The molecule has 0 bridgehead atoms. The Kier molecular flexibility index (Phi) is 1.54. The van der Waals surface area contributed by atoms with Crippen molar-refractivity contribution in [1.29, 1.82) is 0 Å². The topological polar surface area (TPSA) is 4.36 Å². The first-order chi connectivity index (χ1) is 5.86. The van der Waals surface area contributed by atoms with Gasteiger partial charge in [0.1, 0.15) is 5.82 Å². The van der Waals surface area contributed by atoms with E-state index >= 15 is 0 Å². The average Bonchev–Trinajstić information content (AvgIpc) is 2.58. The van der Waals surface area contributed by atoms with Crippen molar-refractivity contribution in [2.45, 2.75) is 5.92 Å². The van der Waals surface area contributed by atoms with Crippen LogP contribution in [0.25, 0.3) is 4.85 Å². The van der Waals surface area contributed by atoms with Gasteiger partial charge in [0.15, 0.2) is 5.92 Å². The van der Waals surface area contributed by atoms with Crippen LogP contribution < -0.4 is 0 Å². The first-order valence-electron chi connectivity index (χ1n) is 3.57. The Balaban J connectivity index is 2.34. The fourth-order valence-corrected chi connectivity index (χ4v) is 1.04. The summed E-state index contributed by atoms with van der Waals surface area (Å²) in [6.45, 7) is 0. The summed E-state index contributed by atoms with van der Waals surface area (Å²) in [7, 11) is 0. The van der Waals surface area contributed by atoms with Crippen molar-refractivity contribution >= 4 is 0 Å². The van der Waals surface area contributed by atoms with E-state index in [1.807, 2.05) is 0 Å². The average molecular weight is 158 g/mol. The molecular weight excluding hydrogens is 153 g/mol. The Hall–Kier alpha value is -1.80. The summed E-state index contributed by atoms with van der Waals surface area (Å²) in [5.41, 5.74) is 0.935. The van der Waals surface area contributed by atoms with Crippen LogP contribution in [0.2, 0.25) is 0 Å². The third-order valence-corrected chi connectivity index (χ3v) is 1.66. The monoisotopic (exact) mass is 158 g/mol. The Morgan fingerprint density at radius 2 is 2.00 bits per heavy atom. The van der Waals surface area contributed by atoms with Gasteiger partial charge in [-0.1, -0.05) is 12.1 Å². The van der Waals surface area contributed by atoms with Gasteiger partial charge >= 0.3 is 12.1 Å². The number of hydrogen-bond acceptors (Lipinski definition) is 0. The van der Waals surface area contributed by atoms with E-state index in [4.69, 9.17) is 0 Å². The molecule has 0 spiro atoms. The van der Waals surface area contributed by atoms with Crippen molar-refractivity contribution in [3.8, 4) is 18.0 Å². The van der Waals surface area contributed by atoms with E-state index in [1.54, 1.807) is 12.1 Å². The Morgan fingerprint density at radius 3 is 2.58 bits per heavy atom. The predicted molar refractivity (Wildman–Crippen MR) is 44.2 cm³/mol. The summed E-state index contributed by atoms with van der Waals surface area (Å²) in [4.78, 5) is 3.66. The number of hydrogen-bond donors (Lipinski definition) is 0. The number of benzene rings is 1. The molecule has 12 heavy (non-hydrogen) atoms. The summed E-state index contributed by atoms with van der Waals surface area (Å²) in [6, 6.07) is 11.5. The molecular formula is C10H5FN+. The van der Waals surface area contributed by atoms with Crippen LogP contribution in [-0.2, 0) is 0 Å².